The van der Waals surface area contributed by atoms with Crippen LogP contribution in [0.15, 0.2) is 59.6 Å². The molecule has 8 heteroatoms. The first-order valence-electron chi connectivity index (χ1n) is 9.49. The van der Waals surface area contributed by atoms with Gasteiger partial charge in [0, 0.05) is 39.4 Å². The van der Waals surface area contributed by atoms with Crippen LogP contribution in [0.25, 0.3) is 10.9 Å². The fraction of sp³-hybridized carbons (Fsp3) is 0.286. The summed E-state index contributed by atoms with van der Waals surface area (Å²) in [6.45, 7) is 0. The summed E-state index contributed by atoms with van der Waals surface area (Å²) in [4.78, 5) is 4.57. The molecule has 1 saturated carbocycles. The molecule has 1 heterocycles. The molecule has 152 valence electrons. The van der Waals surface area contributed by atoms with E-state index in [-0.39, 0.29) is 17.0 Å². The third kappa shape index (κ3) is 4.83. The SMILES string of the molecule is O=S(=O)(N[C@H]1CC[C@@H](Nc2ccnc3cc(Cl)ccc23)CC1)c1cccc(Cl)c1. The summed E-state index contributed by atoms with van der Waals surface area (Å²) in [6, 6.07) is 14.2. The van der Waals surface area contributed by atoms with Gasteiger partial charge in [-0.15, -0.1) is 0 Å². The maximum Gasteiger partial charge on any atom is 0.240 e. The van der Waals surface area contributed by atoms with Gasteiger partial charge in [-0.25, -0.2) is 13.1 Å². The van der Waals surface area contributed by atoms with Crippen molar-refractivity contribution in [2.24, 2.45) is 0 Å². The lowest BCUT2D eigenvalue weighted by Gasteiger charge is -2.30. The number of hydrogen-bond donors (Lipinski definition) is 2. The predicted molar refractivity (Wildman–Crippen MR) is 118 cm³/mol. The fourth-order valence-electron chi connectivity index (χ4n) is 3.74. The molecule has 29 heavy (non-hydrogen) atoms. The first kappa shape index (κ1) is 20.4. The van der Waals surface area contributed by atoms with E-state index in [1.54, 1.807) is 24.4 Å². The van der Waals surface area contributed by atoms with Crippen LogP contribution in [0.5, 0.6) is 0 Å². The van der Waals surface area contributed by atoms with Gasteiger partial charge in [-0.1, -0.05) is 29.3 Å². The Morgan fingerprint density at radius 1 is 0.897 bits per heavy atom. The van der Waals surface area contributed by atoms with Crippen LogP contribution in [-0.4, -0.2) is 25.5 Å². The van der Waals surface area contributed by atoms with Crippen molar-refractivity contribution in [3.05, 3.63) is 64.8 Å². The highest BCUT2D eigenvalue weighted by atomic mass is 35.5. The van der Waals surface area contributed by atoms with E-state index >= 15 is 0 Å². The Hall–Kier alpha value is -1.86. The van der Waals surface area contributed by atoms with Gasteiger partial charge in [0.25, 0.3) is 0 Å². The Morgan fingerprint density at radius 3 is 2.38 bits per heavy atom. The molecule has 1 fully saturated rings. The quantitative estimate of drug-likeness (QED) is 0.558. The first-order chi connectivity index (χ1) is 13.9. The Labute approximate surface area is 180 Å². The van der Waals surface area contributed by atoms with Crippen LogP contribution in [0.1, 0.15) is 25.7 Å². The number of sulfonamides is 1. The molecule has 1 aromatic heterocycles. The van der Waals surface area contributed by atoms with Gasteiger partial charge < -0.3 is 5.32 Å². The van der Waals surface area contributed by atoms with Crippen molar-refractivity contribution in [2.45, 2.75) is 42.7 Å². The molecule has 2 N–H and O–H groups in total. The van der Waals surface area contributed by atoms with Crippen LogP contribution in [0.2, 0.25) is 10.0 Å². The van der Waals surface area contributed by atoms with E-state index in [1.807, 2.05) is 24.3 Å². The van der Waals surface area contributed by atoms with Crippen molar-refractivity contribution in [1.82, 2.24) is 9.71 Å². The highest BCUT2D eigenvalue weighted by Gasteiger charge is 2.26. The minimum Gasteiger partial charge on any atom is -0.382 e. The average molecular weight is 450 g/mol. The molecule has 5 nitrogen and oxygen atoms in total. The number of nitrogens with one attached hydrogen (secondary N) is 2. The van der Waals surface area contributed by atoms with Gasteiger partial charge in [0.05, 0.1) is 10.4 Å². The number of benzene rings is 2. The van der Waals surface area contributed by atoms with Crippen molar-refractivity contribution >= 4 is 49.8 Å². The summed E-state index contributed by atoms with van der Waals surface area (Å²) >= 11 is 12.0. The molecule has 3 aromatic rings. The highest BCUT2D eigenvalue weighted by molar-refractivity contribution is 7.89. The number of rotatable bonds is 5. The maximum atomic E-state index is 12.6. The van der Waals surface area contributed by atoms with E-state index in [0.29, 0.717) is 10.0 Å². The van der Waals surface area contributed by atoms with Gasteiger partial charge >= 0.3 is 0 Å². The number of hydrogen-bond acceptors (Lipinski definition) is 4. The van der Waals surface area contributed by atoms with Crippen molar-refractivity contribution in [1.29, 1.82) is 0 Å². The number of anilines is 1. The van der Waals surface area contributed by atoms with Crippen LogP contribution in [0.4, 0.5) is 5.69 Å². The van der Waals surface area contributed by atoms with Crippen molar-refractivity contribution in [3.63, 3.8) is 0 Å². The third-order valence-electron chi connectivity index (χ3n) is 5.22. The molecular weight excluding hydrogens is 429 g/mol. The topological polar surface area (TPSA) is 71.1 Å². The van der Waals surface area contributed by atoms with Crippen molar-refractivity contribution in [3.8, 4) is 0 Å². The van der Waals surface area contributed by atoms with Crippen LogP contribution in [0.3, 0.4) is 0 Å². The van der Waals surface area contributed by atoms with Gasteiger partial charge in [0.15, 0.2) is 0 Å². The minimum atomic E-state index is -3.57. The fourth-order valence-corrected chi connectivity index (χ4v) is 5.52. The highest BCUT2D eigenvalue weighted by Crippen LogP contribution is 2.28. The standard InChI is InChI=1S/C21H21Cl2N3O2S/c22-14-2-1-3-18(12-14)29(27,28)26-17-7-5-16(6-8-17)25-20-10-11-24-21-13-15(23)4-9-19(20)21/h1-4,9-13,16-17,26H,5-8H2,(H,24,25)/t16-,17+. The zero-order chi connectivity index (χ0) is 20.4. The molecule has 0 radical (unpaired) electrons. The Bertz CT molecular complexity index is 1130. The molecule has 4 rings (SSSR count). The maximum absolute atomic E-state index is 12.6. The number of fused-ring (bicyclic) bond motifs is 1. The van der Waals surface area contributed by atoms with E-state index in [2.05, 4.69) is 15.0 Å². The largest absolute Gasteiger partial charge is 0.382 e. The second-order valence-corrected chi connectivity index (χ2v) is 9.88. The second-order valence-electron chi connectivity index (χ2n) is 7.29. The van der Waals surface area contributed by atoms with Gasteiger partial charge in [0.1, 0.15) is 0 Å². The summed E-state index contributed by atoms with van der Waals surface area (Å²) in [5, 5.41) is 5.69. The molecular formula is C21H21Cl2N3O2S. The summed E-state index contributed by atoms with van der Waals surface area (Å²) in [6.07, 6.45) is 5.06. The van der Waals surface area contributed by atoms with Gasteiger partial charge in [-0.05, 0) is 68.1 Å². The van der Waals surface area contributed by atoms with Crippen molar-refractivity contribution < 1.29 is 8.42 Å². The summed E-state index contributed by atoms with van der Waals surface area (Å²) < 4.78 is 28.0. The van der Waals surface area contributed by atoms with E-state index in [0.717, 1.165) is 42.3 Å². The summed E-state index contributed by atoms with van der Waals surface area (Å²) in [7, 11) is -3.57. The van der Waals surface area contributed by atoms with Gasteiger partial charge in [-0.3, -0.25) is 4.98 Å². The van der Waals surface area contributed by atoms with E-state index in [4.69, 9.17) is 23.2 Å². The minimum absolute atomic E-state index is 0.0787. The second kappa shape index (κ2) is 8.48. The van der Waals surface area contributed by atoms with E-state index < -0.39 is 10.0 Å². The van der Waals surface area contributed by atoms with Crippen LogP contribution >= 0.6 is 23.2 Å². The first-order valence-corrected chi connectivity index (χ1v) is 11.7. The average Bonchev–Trinajstić information content (AvgIpc) is 2.69. The molecule has 2 aromatic carbocycles. The van der Waals surface area contributed by atoms with Crippen LogP contribution < -0.4 is 10.0 Å². The van der Waals surface area contributed by atoms with Crippen molar-refractivity contribution in [2.75, 3.05) is 5.32 Å². The van der Waals surface area contributed by atoms with E-state index in [9.17, 15) is 8.42 Å². The Balaban J connectivity index is 1.39. The summed E-state index contributed by atoms with van der Waals surface area (Å²) in [5.41, 5.74) is 1.88. The molecule has 0 aliphatic heterocycles. The van der Waals surface area contributed by atoms with Gasteiger partial charge in [0.2, 0.25) is 10.0 Å². The zero-order valence-electron chi connectivity index (χ0n) is 15.6. The van der Waals surface area contributed by atoms with Crippen LogP contribution in [-0.2, 0) is 10.0 Å². The summed E-state index contributed by atoms with van der Waals surface area (Å²) in [5.74, 6) is 0. The normalized spacial score (nSPS) is 19.9. The molecule has 0 unspecified atom stereocenters. The molecule has 0 bridgehead atoms. The zero-order valence-corrected chi connectivity index (χ0v) is 17.9. The van der Waals surface area contributed by atoms with E-state index in [1.165, 1.54) is 6.07 Å². The Kier molecular flexibility index (Phi) is 5.97. The predicted octanol–water partition coefficient (Wildman–Crippen LogP) is 5.24. The lowest BCUT2D eigenvalue weighted by Crippen LogP contribution is -2.40. The Morgan fingerprint density at radius 2 is 1.62 bits per heavy atom. The number of pyridine rings is 1. The molecule has 0 atom stereocenters. The third-order valence-corrected chi connectivity index (χ3v) is 7.21. The molecule has 0 spiro atoms. The van der Waals surface area contributed by atoms with Crippen LogP contribution in [0, 0.1) is 0 Å². The lowest BCUT2D eigenvalue weighted by molar-refractivity contribution is 0.387. The molecule has 1 aliphatic rings. The number of nitrogens with zero attached hydrogens (tertiary/aromatic N) is 1. The number of halogens is 2. The lowest BCUT2D eigenvalue weighted by atomic mass is 9.91. The molecule has 1 aliphatic carbocycles. The molecule has 0 amide bonds. The smallest absolute Gasteiger partial charge is 0.240 e. The molecule has 0 saturated heterocycles. The van der Waals surface area contributed by atoms with Gasteiger partial charge in [-0.2, -0.15) is 0 Å². The number of aromatic nitrogens is 1. The monoisotopic (exact) mass is 449 g/mol.